The Balaban J connectivity index is 1.21. The molecule has 0 saturated carbocycles. The van der Waals surface area contributed by atoms with E-state index >= 15 is 0 Å². The zero-order valence-electron chi connectivity index (χ0n) is 23.3. The molecule has 9 nitrogen and oxygen atoms in total. The van der Waals surface area contributed by atoms with E-state index in [1.54, 1.807) is 37.6 Å². The highest BCUT2D eigenvalue weighted by Gasteiger charge is 2.40. The molecule has 5 rings (SSSR count). The van der Waals surface area contributed by atoms with Gasteiger partial charge in [-0.3, -0.25) is 4.98 Å². The predicted octanol–water partition coefficient (Wildman–Crippen LogP) is 6.10. The topological polar surface area (TPSA) is 94.2 Å². The second kappa shape index (κ2) is 12.5. The molecular weight excluding hydrogens is 532 g/mol. The van der Waals surface area contributed by atoms with E-state index in [4.69, 9.17) is 30.5 Å². The van der Waals surface area contributed by atoms with Crippen LogP contribution >= 0.6 is 11.6 Å². The number of carbonyl (C=O) groups excluding carboxylic acids is 1. The van der Waals surface area contributed by atoms with Crippen LogP contribution in [0.5, 0.6) is 23.0 Å². The highest BCUT2D eigenvalue weighted by atomic mass is 35.5. The summed E-state index contributed by atoms with van der Waals surface area (Å²) in [6.07, 6.45) is 5.08. The zero-order chi connectivity index (χ0) is 28.1. The van der Waals surface area contributed by atoms with Gasteiger partial charge in [0, 0.05) is 41.7 Å². The van der Waals surface area contributed by atoms with Crippen molar-refractivity contribution < 1.29 is 23.7 Å². The number of nitrogens with one attached hydrogen (secondary N) is 2. The lowest BCUT2D eigenvalue weighted by Crippen LogP contribution is -2.51. The number of nitrogens with zero attached hydrogens (tertiary/aromatic N) is 2. The fourth-order valence-electron chi connectivity index (χ4n) is 5.10. The summed E-state index contributed by atoms with van der Waals surface area (Å²) in [6.45, 7) is 9.51. The van der Waals surface area contributed by atoms with E-state index in [1.165, 1.54) is 12.8 Å². The lowest BCUT2D eigenvalue weighted by molar-refractivity contribution is -0.139. The number of carbonyl (C=O) groups is 1. The molecule has 2 fully saturated rings. The molecule has 40 heavy (non-hydrogen) atoms. The Kier molecular flexibility index (Phi) is 8.83. The Hall–Kier alpha value is -3.27. The summed E-state index contributed by atoms with van der Waals surface area (Å²) in [7, 11) is 1.62. The first-order valence-electron chi connectivity index (χ1n) is 13.8. The number of hydrogen-bond acceptors (Lipinski definition) is 7. The van der Waals surface area contributed by atoms with Crippen molar-refractivity contribution in [3.05, 3.63) is 47.6 Å². The van der Waals surface area contributed by atoms with Crippen molar-refractivity contribution in [2.75, 3.05) is 51.9 Å². The van der Waals surface area contributed by atoms with Gasteiger partial charge < -0.3 is 34.5 Å². The van der Waals surface area contributed by atoms with Gasteiger partial charge in [-0.2, -0.15) is 0 Å². The van der Waals surface area contributed by atoms with Gasteiger partial charge in [0.05, 0.1) is 43.2 Å². The first-order chi connectivity index (χ1) is 19.3. The van der Waals surface area contributed by atoms with Crippen molar-refractivity contribution in [2.24, 2.45) is 5.41 Å². The molecule has 2 saturated heterocycles. The molecule has 0 radical (unpaired) electrons. The Labute approximate surface area is 240 Å². The fraction of sp³-hybridized carbons (Fsp3) is 0.467. The van der Waals surface area contributed by atoms with Crippen molar-refractivity contribution in [3.8, 4) is 23.0 Å². The molecule has 3 heterocycles. The number of rotatable bonds is 10. The molecule has 10 heteroatoms. The highest BCUT2D eigenvalue weighted by molar-refractivity contribution is 6.33. The van der Waals surface area contributed by atoms with Crippen molar-refractivity contribution in [1.29, 1.82) is 0 Å². The van der Waals surface area contributed by atoms with Gasteiger partial charge in [0.2, 0.25) is 0 Å². The zero-order valence-corrected chi connectivity index (χ0v) is 24.1. The van der Waals surface area contributed by atoms with Crippen molar-refractivity contribution >= 4 is 34.2 Å². The van der Waals surface area contributed by atoms with Gasteiger partial charge in [0.25, 0.3) is 0 Å². The molecule has 2 N–H and O–H groups in total. The number of ether oxygens (including phenoxy) is 4. The van der Waals surface area contributed by atoms with E-state index in [0.29, 0.717) is 45.7 Å². The molecule has 0 unspecified atom stereocenters. The maximum absolute atomic E-state index is 12.0. The quantitative estimate of drug-likeness (QED) is 0.285. The van der Waals surface area contributed by atoms with Gasteiger partial charge in [0.1, 0.15) is 11.5 Å². The van der Waals surface area contributed by atoms with Gasteiger partial charge in [-0.1, -0.05) is 11.6 Å². The van der Waals surface area contributed by atoms with Crippen molar-refractivity contribution in [2.45, 2.75) is 39.2 Å². The summed E-state index contributed by atoms with van der Waals surface area (Å²) < 4.78 is 23.4. The van der Waals surface area contributed by atoms with E-state index in [0.717, 1.165) is 50.2 Å². The predicted molar refractivity (Wildman–Crippen MR) is 156 cm³/mol. The summed E-state index contributed by atoms with van der Waals surface area (Å²) in [5.74, 6) is 2.40. The Morgan fingerprint density at radius 2 is 1.93 bits per heavy atom. The van der Waals surface area contributed by atoms with Crippen molar-refractivity contribution in [3.63, 3.8) is 0 Å². The highest BCUT2D eigenvalue weighted by Crippen LogP contribution is 2.39. The Morgan fingerprint density at radius 1 is 1.12 bits per heavy atom. The van der Waals surface area contributed by atoms with E-state index in [2.05, 4.69) is 20.5 Å². The lowest BCUT2D eigenvalue weighted by Gasteiger charge is -2.47. The largest absolute Gasteiger partial charge is 0.493 e. The number of likely N-dealkylation sites (tertiary alicyclic amines) is 1. The average molecular weight is 569 g/mol. The first-order valence-corrected chi connectivity index (χ1v) is 14.2. The smallest absolute Gasteiger partial charge is 0.319 e. The number of hydrogen-bond donors (Lipinski definition) is 2. The summed E-state index contributed by atoms with van der Waals surface area (Å²) in [5, 5.41) is 6.66. The number of aromatic nitrogens is 1. The summed E-state index contributed by atoms with van der Waals surface area (Å²) in [4.78, 5) is 19.1. The Bertz CT molecular complexity index is 1340. The molecule has 0 bridgehead atoms. The standard InChI is InChI=1S/C30H37ClN4O5/c1-20(2)33-29(36)34-24-6-5-21(15-23(24)31)40-26-7-10-32-25-17-28(27(37-3)16-22(25)26)39-14-4-11-35-12-8-30(9-13-35)18-38-19-30/h5-7,10,15-17,20H,4,8-9,11-14,18-19H2,1-3H3,(H2,33,34,36). The first kappa shape index (κ1) is 28.3. The third kappa shape index (κ3) is 6.71. The third-order valence-corrected chi connectivity index (χ3v) is 7.75. The third-order valence-electron chi connectivity index (χ3n) is 7.43. The minimum Gasteiger partial charge on any atom is -0.493 e. The van der Waals surface area contributed by atoms with Gasteiger partial charge in [-0.15, -0.1) is 0 Å². The summed E-state index contributed by atoms with van der Waals surface area (Å²) in [6, 6.07) is 10.4. The normalized spacial score (nSPS) is 16.5. The maximum atomic E-state index is 12.0. The van der Waals surface area contributed by atoms with E-state index in [1.807, 2.05) is 26.0 Å². The number of halogens is 1. The minimum absolute atomic E-state index is 0.0135. The molecule has 214 valence electrons. The second-order valence-corrected chi connectivity index (χ2v) is 11.3. The van der Waals surface area contributed by atoms with Crippen LogP contribution in [-0.4, -0.2) is 68.5 Å². The van der Waals surface area contributed by atoms with Crippen LogP contribution in [0.4, 0.5) is 10.5 Å². The number of anilines is 1. The van der Waals surface area contributed by atoms with Crippen LogP contribution in [0.2, 0.25) is 5.02 Å². The number of piperidine rings is 1. The van der Waals surface area contributed by atoms with Crippen LogP contribution in [0.1, 0.15) is 33.1 Å². The number of fused-ring (bicyclic) bond motifs is 1. The summed E-state index contributed by atoms with van der Waals surface area (Å²) >= 11 is 6.42. The molecule has 1 spiro atoms. The van der Waals surface area contributed by atoms with E-state index in [-0.39, 0.29) is 12.1 Å². The minimum atomic E-state index is -0.320. The molecule has 2 amide bonds. The average Bonchev–Trinajstić information content (AvgIpc) is 2.91. The molecule has 3 aromatic rings. The molecule has 2 aromatic carbocycles. The number of benzene rings is 2. The van der Waals surface area contributed by atoms with Gasteiger partial charge in [-0.05, 0) is 70.5 Å². The summed E-state index contributed by atoms with van der Waals surface area (Å²) in [5.41, 5.74) is 1.68. The van der Waals surface area contributed by atoms with Crippen LogP contribution in [0.3, 0.4) is 0 Å². The van der Waals surface area contributed by atoms with Gasteiger partial charge in [-0.25, -0.2) is 4.79 Å². The molecule has 2 aliphatic heterocycles. The van der Waals surface area contributed by atoms with Crippen molar-refractivity contribution in [1.82, 2.24) is 15.2 Å². The monoisotopic (exact) mass is 568 g/mol. The molecule has 0 atom stereocenters. The second-order valence-electron chi connectivity index (χ2n) is 10.9. The molecule has 2 aliphatic rings. The van der Waals surface area contributed by atoms with E-state index < -0.39 is 0 Å². The maximum Gasteiger partial charge on any atom is 0.319 e. The number of methoxy groups -OCH3 is 1. The fourth-order valence-corrected chi connectivity index (χ4v) is 5.32. The van der Waals surface area contributed by atoms with Gasteiger partial charge >= 0.3 is 6.03 Å². The molecular formula is C30H37ClN4O5. The van der Waals surface area contributed by atoms with E-state index in [9.17, 15) is 4.79 Å². The van der Waals surface area contributed by atoms with Crippen LogP contribution in [-0.2, 0) is 4.74 Å². The molecule has 0 aliphatic carbocycles. The molecule has 1 aromatic heterocycles. The number of pyridine rings is 1. The Morgan fingerprint density at radius 3 is 2.60 bits per heavy atom. The van der Waals surface area contributed by atoms with Crippen LogP contribution in [0, 0.1) is 5.41 Å². The van der Waals surface area contributed by atoms with Crippen LogP contribution in [0.25, 0.3) is 10.9 Å². The van der Waals surface area contributed by atoms with Crippen LogP contribution in [0.15, 0.2) is 42.6 Å². The number of amides is 2. The SMILES string of the molecule is COc1cc2c(Oc3ccc(NC(=O)NC(C)C)c(Cl)c3)ccnc2cc1OCCCN1CCC2(CC1)COC2. The number of urea groups is 1. The van der Waals surface area contributed by atoms with Crippen LogP contribution < -0.4 is 24.8 Å². The lowest BCUT2D eigenvalue weighted by atomic mass is 9.77. The van der Waals surface area contributed by atoms with Gasteiger partial charge in [0.15, 0.2) is 11.5 Å².